The molecular weight excluding hydrogens is 394 g/mol. The molecule has 0 aliphatic heterocycles. The van der Waals surface area contributed by atoms with Gasteiger partial charge in [-0.15, -0.1) is 0 Å². The van der Waals surface area contributed by atoms with Gasteiger partial charge in [-0.2, -0.15) is 0 Å². The molecule has 2 heterocycles. The number of nitrogens with two attached hydrogens (primary N) is 1. The number of aromatic nitrogens is 4. The molecule has 0 amide bonds. The number of aldehydes is 1. The summed E-state index contributed by atoms with van der Waals surface area (Å²) < 4.78 is 2.96. The molecule has 3 rings (SSSR count). The maximum Gasteiger partial charge on any atom is 0.339 e. The summed E-state index contributed by atoms with van der Waals surface area (Å²) in [4.78, 5) is 34.8. The predicted molar refractivity (Wildman–Crippen MR) is 127 cm³/mol. The summed E-state index contributed by atoms with van der Waals surface area (Å²) in [7, 11) is 7.79. The van der Waals surface area contributed by atoms with Crippen LogP contribution in [0, 0.1) is 0 Å². The van der Waals surface area contributed by atoms with Crippen LogP contribution in [0.25, 0.3) is 22.5 Å². The van der Waals surface area contributed by atoms with Crippen molar-refractivity contribution >= 4 is 34.7 Å². The van der Waals surface area contributed by atoms with E-state index < -0.39 is 0 Å². The van der Waals surface area contributed by atoms with E-state index in [4.69, 9.17) is 5.73 Å². The molecule has 9 nitrogen and oxygen atoms in total. The third-order valence-electron chi connectivity index (χ3n) is 4.32. The molecule has 2 aromatic heterocycles. The van der Waals surface area contributed by atoms with E-state index in [-0.39, 0.29) is 11.5 Å². The molecule has 0 unspecified atom stereocenters. The number of carbonyl (C=O) groups is 1. The summed E-state index contributed by atoms with van der Waals surface area (Å²) in [6, 6.07) is 7.64. The largest absolute Gasteiger partial charge is 0.382 e. The molecule has 3 aromatic rings. The molecule has 0 saturated heterocycles. The van der Waals surface area contributed by atoms with Crippen LogP contribution in [0.3, 0.4) is 0 Å². The monoisotopic (exact) mass is 423 g/mol. The fourth-order valence-corrected chi connectivity index (χ4v) is 2.87. The standard InChI is InChI=1S/C16H18N6O.C6H11NO/c1-10(2)21-13-14(17)18-9-19-15(13)22(16(21)23)12-7-5-6-11(8-12)20(3)4;1-7(2)5-3-4-6-8/h5-9H,1H2,2-4H3,(H2,17,18,19);3-4,6H,5H2,1-2H3/b;4-3+. The highest BCUT2D eigenvalue weighted by Crippen LogP contribution is 2.23. The number of nitrogen functional groups attached to an aromatic ring is 1. The fourth-order valence-electron chi connectivity index (χ4n) is 2.87. The average molecular weight is 424 g/mol. The summed E-state index contributed by atoms with van der Waals surface area (Å²) in [5.74, 6) is 0.248. The van der Waals surface area contributed by atoms with Crippen LogP contribution in [0.1, 0.15) is 6.92 Å². The van der Waals surface area contributed by atoms with Crippen LogP contribution in [0.15, 0.2) is 54.1 Å². The average Bonchev–Trinajstić information content (AvgIpc) is 3.02. The Balaban J connectivity index is 0.000000366. The van der Waals surface area contributed by atoms with Gasteiger partial charge in [0, 0.05) is 32.0 Å². The molecule has 0 saturated carbocycles. The lowest BCUT2D eigenvalue weighted by Crippen LogP contribution is -2.22. The summed E-state index contributed by atoms with van der Waals surface area (Å²) >= 11 is 0. The van der Waals surface area contributed by atoms with Crippen LogP contribution in [0.2, 0.25) is 0 Å². The Hall–Kier alpha value is -3.72. The Bertz CT molecular complexity index is 1160. The van der Waals surface area contributed by atoms with Crippen molar-refractivity contribution in [1.82, 2.24) is 24.0 Å². The van der Waals surface area contributed by atoms with Gasteiger partial charge in [0.1, 0.15) is 18.1 Å². The minimum absolute atomic E-state index is 0.248. The Morgan fingerprint density at radius 2 is 1.94 bits per heavy atom. The van der Waals surface area contributed by atoms with E-state index in [1.807, 2.05) is 68.3 Å². The van der Waals surface area contributed by atoms with E-state index in [1.54, 1.807) is 6.92 Å². The third kappa shape index (κ3) is 5.46. The summed E-state index contributed by atoms with van der Waals surface area (Å²) in [6.07, 6.45) is 5.45. The molecule has 164 valence electrons. The van der Waals surface area contributed by atoms with Crippen LogP contribution in [-0.2, 0) is 4.79 Å². The zero-order chi connectivity index (χ0) is 23.1. The number of fused-ring (bicyclic) bond motifs is 1. The highest BCUT2D eigenvalue weighted by atomic mass is 16.2. The van der Waals surface area contributed by atoms with Gasteiger partial charge in [0.2, 0.25) is 0 Å². The van der Waals surface area contributed by atoms with E-state index in [0.29, 0.717) is 22.5 Å². The number of likely N-dealkylation sites (N-methyl/N-ethyl adjacent to an activating group) is 1. The lowest BCUT2D eigenvalue weighted by Gasteiger charge is -2.13. The maximum atomic E-state index is 12.9. The van der Waals surface area contributed by atoms with E-state index in [9.17, 15) is 9.59 Å². The van der Waals surface area contributed by atoms with Crippen molar-refractivity contribution in [1.29, 1.82) is 0 Å². The molecule has 0 bridgehead atoms. The smallest absolute Gasteiger partial charge is 0.339 e. The van der Waals surface area contributed by atoms with E-state index in [0.717, 1.165) is 18.5 Å². The normalized spacial score (nSPS) is 10.9. The Kier molecular flexibility index (Phi) is 7.87. The fraction of sp³-hybridized carbons (Fsp3) is 0.273. The predicted octanol–water partition coefficient (Wildman–Crippen LogP) is 2.02. The van der Waals surface area contributed by atoms with Crippen LogP contribution in [-0.4, -0.2) is 65.0 Å². The van der Waals surface area contributed by atoms with Crippen molar-refractivity contribution in [2.45, 2.75) is 6.92 Å². The zero-order valence-corrected chi connectivity index (χ0v) is 18.6. The van der Waals surface area contributed by atoms with Gasteiger partial charge < -0.3 is 15.5 Å². The molecule has 0 fully saturated rings. The SMILES string of the molecule is C=C(C)n1c(=O)n(-c2cccc(N(C)C)c2)c2ncnc(N)c21.CN(C)C/C=C/C=O. The number of allylic oxidation sites excluding steroid dienone is 2. The second-order valence-electron chi connectivity index (χ2n) is 7.36. The van der Waals surface area contributed by atoms with Crippen LogP contribution in [0.4, 0.5) is 11.5 Å². The molecule has 0 aliphatic rings. The summed E-state index contributed by atoms with van der Waals surface area (Å²) in [5, 5.41) is 0. The van der Waals surface area contributed by atoms with Crippen molar-refractivity contribution in [3.8, 4) is 5.69 Å². The third-order valence-corrected chi connectivity index (χ3v) is 4.32. The topological polar surface area (TPSA) is 102 Å². The van der Waals surface area contributed by atoms with Crippen LogP contribution in [0.5, 0.6) is 0 Å². The van der Waals surface area contributed by atoms with Gasteiger partial charge in [-0.25, -0.2) is 19.3 Å². The van der Waals surface area contributed by atoms with E-state index in [2.05, 4.69) is 16.5 Å². The number of hydrogen-bond acceptors (Lipinski definition) is 7. The first-order valence-corrected chi connectivity index (χ1v) is 9.61. The minimum Gasteiger partial charge on any atom is -0.382 e. The molecule has 0 spiro atoms. The maximum absolute atomic E-state index is 12.9. The quantitative estimate of drug-likeness (QED) is 0.478. The van der Waals surface area contributed by atoms with Gasteiger partial charge in [0.25, 0.3) is 0 Å². The van der Waals surface area contributed by atoms with Gasteiger partial charge in [0.15, 0.2) is 11.5 Å². The van der Waals surface area contributed by atoms with E-state index in [1.165, 1.54) is 21.5 Å². The summed E-state index contributed by atoms with van der Waals surface area (Å²) in [6.45, 7) is 6.44. The first kappa shape index (κ1) is 23.6. The highest BCUT2D eigenvalue weighted by Gasteiger charge is 2.19. The van der Waals surface area contributed by atoms with Crippen molar-refractivity contribution < 1.29 is 4.79 Å². The number of rotatable bonds is 6. The van der Waals surface area contributed by atoms with Crippen LogP contribution >= 0.6 is 0 Å². The Morgan fingerprint density at radius 1 is 1.23 bits per heavy atom. The highest BCUT2D eigenvalue weighted by molar-refractivity contribution is 5.86. The molecular formula is C22H29N7O2. The second-order valence-corrected chi connectivity index (χ2v) is 7.36. The molecule has 0 atom stereocenters. The van der Waals surface area contributed by atoms with Crippen LogP contribution < -0.4 is 16.3 Å². The van der Waals surface area contributed by atoms with Gasteiger partial charge in [0.05, 0.1) is 5.69 Å². The number of hydrogen-bond donors (Lipinski definition) is 1. The molecule has 1 aromatic carbocycles. The molecule has 9 heteroatoms. The Morgan fingerprint density at radius 3 is 2.52 bits per heavy atom. The first-order chi connectivity index (χ1) is 14.7. The molecule has 2 N–H and O–H groups in total. The van der Waals surface area contributed by atoms with Crippen molar-refractivity contribution in [3.05, 3.63) is 59.8 Å². The number of carbonyl (C=O) groups excluding carboxylic acids is 1. The van der Waals surface area contributed by atoms with Gasteiger partial charge in [-0.3, -0.25) is 9.36 Å². The van der Waals surface area contributed by atoms with Gasteiger partial charge in [-0.05, 0) is 45.3 Å². The van der Waals surface area contributed by atoms with Crippen molar-refractivity contribution in [3.63, 3.8) is 0 Å². The first-order valence-electron chi connectivity index (χ1n) is 9.61. The van der Waals surface area contributed by atoms with Gasteiger partial charge in [-0.1, -0.05) is 18.7 Å². The minimum atomic E-state index is -0.268. The molecule has 0 aliphatic carbocycles. The number of anilines is 2. The number of nitrogens with zero attached hydrogens (tertiary/aromatic N) is 6. The lowest BCUT2D eigenvalue weighted by atomic mass is 10.2. The molecule has 0 radical (unpaired) electrons. The zero-order valence-electron chi connectivity index (χ0n) is 18.6. The second kappa shape index (κ2) is 10.4. The van der Waals surface area contributed by atoms with Crippen molar-refractivity contribution in [2.24, 2.45) is 0 Å². The Labute approximate surface area is 181 Å². The van der Waals surface area contributed by atoms with Crippen molar-refractivity contribution in [2.75, 3.05) is 45.4 Å². The lowest BCUT2D eigenvalue weighted by molar-refractivity contribution is -0.104. The summed E-state index contributed by atoms with van der Waals surface area (Å²) in [5.41, 5.74) is 8.87. The number of benzene rings is 1. The van der Waals surface area contributed by atoms with E-state index >= 15 is 0 Å². The molecule has 31 heavy (non-hydrogen) atoms. The number of imidazole rings is 1. The van der Waals surface area contributed by atoms with Gasteiger partial charge >= 0.3 is 5.69 Å².